The van der Waals surface area contributed by atoms with Gasteiger partial charge >= 0.3 is 0 Å². The van der Waals surface area contributed by atoms with E-state index in [4.69, 9.17) is 21.4 Å². The molecule has 0 unspecified atom stereocenters. The van der Waals surface area contributed by atoms with E-state index in [9.17, 15) is 13.2 Å². The number of rotatable bonds is 13. The first-order valence-corrected chi connectivity index (χ1v) is 13.7. The first-order valence-electron chi connectivity index (χ1n) is 11.8. The summed E-state index contributed by atoms with van der Waals surface area (Å²) in [4.78, 5) is 12.6. The van der Waals surface area contributed by atoms with Gasteiger partial charge in [-0.3, -0.25) is 10.1 Å². The van der Waals surface area contributed by atoms with Gasteiger partial charge in [0.05, 0.1) is 24.3 Å². The fourth-order valence-corrected chi connectivity index (χ4v) is 4.52. The number of sulfonamides is 1. The summed E-state index contributed by atoms with van der Waals surface area (Å²) < 4.78 is 38.2. The van der Waals surface area contributed by atoms with E-state index >= 15 is 0 Å². The molecule has 0 fully saturated rings. The van der Waals surface area contributed by atoms with Gasteiger partial charge in [0, 0.05) is 11.3 Å². The van der Waals surface area contributed by atoms with Gasteiger partial charge in [0.2, 0.25) is 10.0 Å². The third-order valence-corrected chi connectivity index (χ3v) is 6.92. The highest BCUT2D eigenvalue weighted by Crippen LogP contribution is 2.16. The average Bonchev–Trinajstić information content (AvgIpc) is 3.39. The quantitative estimate of drug-likeness (QED) is 0.205. The Morgan fingerprint density at radius 3 is 2.36 bits per heavy atom. The lowest BCUT2D eigenvalue weighted by molar-refractivity contribution is 0.0977. The van der Waals surface area contributed by atoms with Gasteiger partial charge in [-0.05, 0) is 79.3 Å². The van der Waals surface area contributed by atoms with Crippen LogP contribution in [0.25, 0.3) is 0 Å². The molecule has 0 bridgehead atoms. The first-order chi connectivity index (χ1) is 17.4. The number of anilines is 1. The normalized spacial score (nSPS) is 11.1. The zero-order chi connectivity index (χ0) is 25.8. The van der Waals surface area contributed by atoms with E-state index < -0.39 is 10.0 Å². The van der Waals surface area contributed by atoms with E-state index in [2.05, 4.69) is 22.3 Å². The molecule has 1 aromatic heterocycles. The predicted molar refractivity (Wildman–Crippen MR) is 144 cm³/mol. The lowest BCUT2D eigenvalue weighted by Gasteiger charge is -2.11. The van der Waals surface area contributed by atoms with Crippen molar-refractivity contribution in [2.45, 2.75) is 50.5 Å². The van der Waals surface area contributed by atoms with Crippen molar-refractivity contribution in [2.75, 3.05) is 11.9 Å². The van der Waals surface area contributed by atoms with Crippen molar-refractivity contribution in [1.29, 1.82) is 0 Å². The van der Waals surface area contributed by atoms with Crippen LogP contribution in [0.1, 0.15) is 55.1 Å². The molecule has 0 aliphatic rings. The molecule has 0 aliphatic heterocycles. The Labute approximate surface area is 217 Å². The van der Waals surface area contributed by atoms with Crippen LogP contribution in [-0.2, 0) is 16.6 Å². The fraction of sp³-hybridized carbons (Fsp3) is 0.308. The molecule has 1 amide bonds. The molecule has 8 nitrogen and oxygen atoms in total. The minimum atomic E-state index is -3.70. The maximum Gasteiger partial charge on any atom is 0.257 e. The van der Waals surface area contributed by atoms with E-state index in [1.54, 1.807) is 48.5 Å². The molecule has 0 saturated heterocycles. The van der Waals surface area contributed by atoms with Gasteiger partial charge in [0.1, 0.15) is 11.5 Å². The summed E-state index contributed by atoms with van der Waals surface area (Å²) in [6, 6.07) is 16.3. The minimum Gasteiger partial charge on any atom is -0.494 e. The molecule has 1 heterocycles. The average molecular weight is 530 g/mol. The number of amides is 1. The van der Waals surface area contributed by atoms with Crippen molar-refractivity contribution in [3.63, 3.8) is 0 Å². The lowest BCUT2D eigenvalue weighted by Crippen LogP contribution is -2.34. The number of hydrogen-bond donors (Lipinski definition) is 3. The monoisotopic (exact) mass is 529 g/mol. The first kappa shape index (κ1) is 27.4. The van der Waals surface area contributed by atoms with Crippen LogP contribution >= 0.6 is 12.2 Å². The molecular formula is C26H31N3O5S2. The van der Waals surface area contributed by atoms with Crippen LogP contribution in [0.5, 0.6) is 5.75 Å². The van der Waals surface area contributed by atoms with Crippen molar-refractivity contribution in [1.82, 2.24) is 10.0 Å². The van der Waals surface area contributed by atoms with E-state index in [0.29, 0.717) is 23.6 Å². The summed E-state index contributed by atoms with van der Waals surface area (Å²) in [5.41, 5.74) is 0.978. The third-order valence-electron chi connectivity index (χ3n) is 5.30. The van der Waals surface area contributed by atoms with Gasteiger partial charge in [-0.25, -0.2) is 13.1 Å². The second-order valence-corrected chi connectivity index (χ2v) is 10.3. The van der Waals surface area contributed by atoms with Crippen LogP contribution in [0.2, 0.25) is 0 Å². The Morgan fingerprint density at radius 1 is 0.972 bits per heavy atom. The summed E-state index contributed by atoms with van der Waals surface area (Å²) in [6.07, 6.45) is 7.33. The summed E-state index contributed by atoms with van der Waals surface area (Å²) in [5, 5.41) is 5.59. The van der Waals surface area contributed by atoms with Crippen LogP contribution in [0, 0.1) is 0 Å². The van der Waals surface area contributed by atoms with Gasteiger partial charge in [0.15, 0.2) is 5.11 Å². The Hall–Kier alpha value is -3.21. The molecule has 36 heavy (non-hydrogen) atoms. The topological polar surface area (TPSA) is 110 Å². The smallest absolute Gasteiger partial charge is 0.257 e. The zero-order valence-electron chi connectivity index (χ0n) is 20.2. The van der Waals surface area contributed by atoms with Crippen molar-refractivity contribution < 1.29 is 22.4 Å². The highest BCUT2D eigenvalue weighted by atomic mass is 32.2. The Morgan fingerprint density at radius 2 is 1.69 bits per heavy atom. The molecule has 192 valence electrons. The van der Waals surface area contributed by atoms with Gasteiger partial charge in [-0.1, -0.05) is 32.6 Å². The number of ether oxygens (including phenoxy) is 1. The molecule has 0 radical (unpaired) electrons. The van der Waals surface area contributed by atoms with Crippen LogP contribution in [0.15, 0.2) is 76.2 Å². The number of hydrogen-bond acceptors (Lipinski definition) is 6. The molecule has 0 atom stereocenters. The minimum absolute atomic E-state index is 0.0532. The fourth-order valence-electron chi connectivity index (χ4n) is 3.32. The maximum absolute atomic E-state index is 12.5. The summed E-state index contributed by atoms with van der Waals surface area (Å²) in [5.74, 6) is 0.870. The number of benzene rings is 2. The van der Waals surface area contributed by atoms with Gasteiger partial charge in [-0.2, -0.15) is 0 Å². The van der Waals surface area contributed by atoms with Gasteiger partial charge < -0.3 is 14.5 Å². The van der Waals surface area contributed by atoms with Crippen molar-refractivity contribution in [3.05, 3.63) is 78.3 Å². The predicted octanol–water partition coefficient (Wildman–Crippen LogP) is 5.23. The number of unbranched alkanes of at least 4 members (excludes halogenated alkanes) is 4. The molecule has 0 aliphatic carbocycles. The molecular weight excluding hydrogens is 498 g/mol. The van der Waals surface area contributed by atoms with Crippen molar-refractivity contribution in [2.24, 2.45) is 0 Å². The lowest BCUT2D eigenvalue weighted by atomic mass is 10.2. The second-order valence-electron chi connectivity index (χ2n) is 8.12. The number of carbonyl (C=O) groups is 1. The molecule has 3 rings (SSSR count). The Bertz CT molecular complexity index is 1210. The Kier molecular flexibility index (Phi) is 10.5. The molecule has 3 N–H and O–H groups in total. The molecule has 0 spiro atoms. The summed E-state index contributed by atoms with van der Waals surface area (Å²) >= 11 is 5.22. The van der Waals surface area contributed by atoms with Gasteiger partial charge in [0.25, 0.3) is 5.91 Å². The van der Waals surface area contributed by atoms with E-state index in [0.717, 1.165) is 18.6 Å². The van der Waals surface area contributed by atoms with Crippen molar-refractivity contribution >= 4 is 38.9 Å². The highest BCUT2D eigenvalue weighted by Gasteiger charge is 2.15. The zero-order valence-corrected chi connectivity index (χ0v) is 21.8. The Balaban J connectivity index is 1.44. The van der Waals surface area contributed by atoms with E-state index in [1.165, 1.54) is 37.7 Å². The van der Waals surface area contributed by atoms with Crippen LogP contribution in [0.4, 0.5) is 5.69 Å². The summed E-state index contributed by atoms with van der Waals surface area (Å²) in [7, 11) is -3.70. The van der Waals surface area contributed by atoms with Crippen LogP contribution in [0.3, 0.4) is 0 Å². The van der Waals surface area contributed by atoms with Gasteiger partial charge in [-0.15, -0.1) is 0 Å². The molecule has 10 heteroatoms. The molecule has 3 aromatic rings. The molecule has 2 aromatic carbocycles. The van der Waals surface area contributed by atoms with E-state index in [1.807, 2.05) is 0 Å². The summed E-state index contributed by atoms with van der Waals surface area (Å²) in [6.45, 7) is 2.90. The number of carbonyl (C=O) groups excluding carboxylic acids is 1. The number of nitrogens with one attached hydrogen (secondary N) is 3. The SMILES string of the molecule is CCCCCCCOc1ccc(C(=O)NC(=S)Nc2ccc(S(=O)(=O)NCc3ccco3)cc2)cc1. The number of thiocarbonyl (C=S) groups is 1. The van der Waals surface area contributed by atoms with Crippen LogP contribution in [-0.4, -0.2) is 26.0 Å². The maximum atomic E-state index is 12.5. The standard InChI is InChI=1S/C26H31N3O5S2/c1-2-3-4-5-6-17-33-22-13-9-20(10-14-22)25(30)29-26(35)28-21-11-15-24(16-12-21)36(31,32)27-19-23-8-7-18-34-23/h7-16,18,27H,2-6,17,19H2,1H3,(H2,28,29,30,35). The second kappa shape index (κ2) is 13.8. The number of furan rings is 1. The van der Waals surface area contributed by atoms with E-state index in [-0.39, 0.29) is 22.5 Å². The van der Waals surface area contributed by atoms with Crippen molar-refractivity contribution in [3.8, 4) is 5.75 Å². The largest absolute Gasteiger partial charge is 0.494 e. The van der Waals surface area contributed by atoms with Crippen LogP contribution < -0.4 is 20.1 Å². The third kappa shape index (κ3) is 8.78. The highest BCUT2D eigenvalue weighted by molar-refractivity contribution is 7.89. The molecule has 0 saturated carbocycles.